The van der Waals surface area contributed by atoms with Crippen LogP contribution in [-0.2, 0) is 32.0 Å². The van der Waals surface area contributed by atoms with E-state index in [9.17, 15) is 19.2 Å². The number of hydrogen-bond donors (Lipinski definition) is 4. The van der Waals surface area contributed by atoms with Crippen LogP contribution in [0.3, 0.4) is 0 Å². The molecule has 9 nitrogen and oxygen atoms in total. The summed E-state index contributed by atoms with van der Waals surface area (Å²) in [6, 6.07) is 20.6. The van der Waals surface area contributed by atoms with Gasteiger partial charge in [-0.15, -0.1) is 0 Å². The highest BCUT2D eigenvalue weighted by Gasteiger charge is 2.36. The Morgan fingerprint density at radius 1 is 0.878 bits per heavy atom. The maximum atomic E-state index is 13.5. The normalized spacial score (nSPS) is 16.2. The van der Waals surface area contributed by atoms with E-state index in [1.54, 1.807) is 4.90 Å². The third-order valence-electron chi connectivity index (χ3n) is 7.62. The maximum absolute atomic E-state index is 13.5. The molecule has 3 aromatic rings. The van der Waals surface area contributed by atoms with E-state index in [2.05, 4.69) is 10.6 Å². The van der Waals surface area contributed by atoms with Crippen molar-refractivity contribution in [2.45, 2.75) is 63.1 Å². The van der Waals surface area contributed by atoms with E-state index >= 15 is 0 Å². The summed E-state index contributed by atoms with van der Waals surface area (Å²) in [4.78, 5) is 54.0. The average Bonchev–Trinajstić information content (AvgIpc) is 3.48. The summed E-state index contributed by atoms with van der Waals surface area (Å²) in [5, 5.41) is 7.67. The number of unbranched alkanes of at least 4 members (excludes halogenated alkanes) is 1. The standard InChI is InChI=1S/C32H39N5O4/c33-18-7-6-16-26(31(40)36-27(30(34)39)20-22-10-2-1-3-11-22)35-32(41)28-17-9-19-37(28)29(38)21-24-14-8-13-23-12-4-5-15-25(23)24/h1-5,8,10-15,26-28H,6-7,9,16-21,33H2,(H2,34,39)(H,35,41)(H,36,40)/t26-,27-,28-/m0/s1. The Morgan fingerprint density at radius 2 is 1.61 bits per heavy atom. The third kappa shape index (κ3) is 7.91. The SMILES string of the molecule is NCCCC[C@H](NC(=O)[C@@H]1CCCN1C(=O)Cc1cccc2ccccc12)C(=O)N[C@@H](Cc1ccccc1)C(N)=O. The fraction of sp³-hybridized carbons (Fsp3) is 0.375. The molecule has 3 aromatic carbocycles. The summed E-state index contributed by atoms with van der Waals surface area (Å²) < 4.78 is 0. The van der Waals surface area contributed by atoms with Crippen molar-refractivity contribution in [1.29, 1.82) is 0 Å². The molecule has 1 aliphatic heterocycles. The van der Waals surface area contributed by atoms with Gasteiger partial charge in [-0.1, -0.05) is 72.8 Å². The molecule has 0 spiro atoms. The monoisotopic (exact) mass is 557 g/mol. The van der Waals surface area contributed by atoms with Gasteiger partial charge in [0.15, 0.2) is 0 Å². The lowest BCUT2D eigenvalue weighted by Crippen LogP contribution is -2.56. The number of amides is 4. The van der Waals surface area contributed by atoms with Crippen LogP contribution in [0, 0.1) is 0 Å². The van der Waals surface area contributed by atoms with E-state index in [1.807, 2.05) is 72.8 Å². The summed E-state index contributed by atoms with van der Waals surface area (Å²) in [6.07, 6.45) is 3.29. The number of carbonyl (C=O) groups is 4. The van der Waals surface area contributed by atoms with Crippen molar-refractivity contribution in [3.8, 4) is 0 Å². The molecule has 216 valence electrons. The van der Waals surface area contributed by atoms with E-state index in [0.717, 1.165) is 21.9 Å². The Morgan fingerprint density at radius 3 is 2.37 bits per heavy atom. The molecule has 0 radical (unpaired) electrons. The highest BCUT2D eigenvalue weighted by Crippen LogP contribution is 2.23. The summed E-state index contributed by atoms with van der Waals surface area (Å²) in [6.45, 7) is 0.936. The van der Waals surface area contributed by atoms with Gasteiger partial charge in [-0.05, 0) is 60.5 Å². The lowest BCUT2D eigenvalue weighted by molar-refractivity contribution is -0.139. The van der Waals surface area contributed by atoms with Gasteiger partial charge in [0.25, 0.3) is 0 Å². The second kappa shape index (κ2) is 14.4. The number of carbonyl (C=O) groups excluding carboxylic acids is 4. The molecule has 3 atom stereocenters. The molecule has 41 heavy (non-hydrogen) atoms. The van der Waals surface area contributed by atoms with Crippen LogP contribution in [0.15, 0.2) is 72.8 Å². The second-order valence-electron chi connectivity index (χ2n) is 10.6. The Bertz CT molecular complexity index is 1360. The molecular formula is C32H39N5O4. The molecule has 0 unspecified atom stereocenters. The average molecular weight is 558 g/mol. The zero-order valence-electron chi connectivity index (χ0n) is 23.3. The van der Waals surface area contributed by atoms with Crippen LogP contribution < -0.4 is 22.1 Å². The van der Waals surface area contributed by atoms with Crippen molar-refractivity contribution in [3.05, 3.63) is 83.9 Å². The van der Waals surface area contributed by atoms with Crippen LogP contribution >= 0.6 is 0 Å². The number of hydrogen-bond acceptors (Lipinski definition) is 5. The largest absolute Gasteiger partial charge is 0.368 e. The van der Waals surface area contributed by atoms with Gasteiger partial charge >= 0.3 is 0 Å². The summed E-state index contributed by atoms with van der Waals surface area (Å²) in [5.41, 5.74) is 13.0. The molecule has 0 saturated carbocycles. The van der Waals surface area contributed by atoms with Gasteiger partial charge in [0.1, 0.15) is 18.1 Å². The zero-order valence-corrected chi connectivity index (χ0v) is 23.3. The quantitative estimate of drug-likeness (QED) is 0.238. The Labute approximate surface area is 240 Å². The third-order valence-corrected chi connectivity index (χ3v) is 7.62. The Kier molecular flexibility index (Phi) is 10.5. The maximum Gasteiger partial charge on any atom is 0.243 e. The topological polar surface area (TPSA) is 148 Å². The molecule has 4 rings (SSSR count). The first kappa shape index (κ1) is 29.7. The Balaban J connectivity index is 1.43. The number of likely N-dealkylation sites (tertiary alicyclic amines) is 1. The predicted molar refractivity (Wildman–Crippen MR) is 158 cm³/mol. The first-order chi connectivity index (χ1) is 19.9. The molecule has 0 aromatic heterocycles. The predicted octanol–water partition coefficient (Wildman–Crippen LogP) is 2.20. The molecule has 1 heterocycles. The van der Waals surface area contributed by atoms with Gasteiger partial charge < -0.3 is 27.0 Å². The lowest BCUT2D eigenvalue weighted by atomic mass is 10.0. The Hall–Kier alpha value is -4.24. The van der Waals surface area contributed by atoms with E-state index in [1.165, 1.54) is 0 Å². The van der Waals surface area contributed by atoms with Crippen LogP contribution in [0.2, 0.25) is 0 Å². The van der Waals surface area contributed by atoms with Crippen molar-refractivity contribution in [3.63, 3.8) is 0 Å². The number of rotatable bonds is 13. The molecule has 4 amide bonds. The van der Waals surface area contributed by atoms with Crippen molar-refractivity contribution in [2.75, 3.05) is 13.1 Å². The summed E-state index contributed by atoms with van der Waals surface area (Å²) in [7, 11) is 0. The molecule has 9 heteroatoms. The van der Waals surface area contributed by atoms with Gasteiger partial charge in [0.2, 0.25) is 23.6 Å². The molecule has 0 bridgehead atoms. The van der Waals surface area contributed by atoms with Crippen LogP contribution in [0.25, 0.3) is 10.8 Å². The zero-order chi connectivity index (χ0) is 29.2. The summed E-state index contributed by atoms with van der Waals surface area (Å²) in [5.74, 6) is -1.64. The molecule has 1 fully saturated rings. The van der Waals surface area contributed by atoms with Gasteiger partial charge in [-0.2, -0.15) is 0 Å². The number of nitrogens with one attached hydrogen (secondary N) is 2. The fourth-order valence-corrected chi connectivity index (χ4v) is 5.42. The van der Waals surface area contributed by atoms with Crippen molar-refractivity contribution in [1.82, 2.24) is 15.5 Å². The lowest BCUT2D eigenvalue weighted by Gasteiger charge is -2.27. The van der Waals surface area contributed by atoms with Gasteiger partial charge in [0.05, 0.1) is 6.42 Å². The van der Waals surface area contributed by atoms with Gasteiger partial charge in [0, 0.05) is 13.0 Å². The minimum atomic E-state index is -0.927. The van der Waals surface area contributed by atoms with Crippen molar-refractivity contribution in [2.24, 2.45) is 11.5 Å². The van der Waals surface area contributed by atoms with E-state index in [-0.39, 0.29) is 24.7 Å². The van der Waals surface area contributed by atoms with Crippen molar-refractivity contribution >= 4 is 34.4 Å². The van der Waals surface area contributed by atoms with Crippen LogP contribution in [0.1, 0.15) is 43.2 Å². The minimum absolute atomic E-state index is 0.125. The molecule has 0 aliphatic carbocycles. The van der Waals surface area contributed by atoms with Crippen molar-refractivity contribution < 1.29 is 19.2 Å². The fourth-order valence-electron chi connectivity index (χ4n) is 5.42. The van der Waals surface area contributed by atoms with Crippen LogP contribution in [0.4, 0.5) is 0 Å². The number of benzene rings is 3. The van der Waals surface area contributed by atoms with E-state index < -0.39 is 29.9 Å². The number of primary amides is 1. The summed E-state index contributed by atoms with van der Waals surface area (Å²) >= 11 is 0. The van der Waals surface area contributed by atoms with Gasteiger partial charge in [-0.25, -0.2) is 0 Å². The second-order valence-corrected chi connectivity index (χ2v) is 10.6. The minimum Gasteiger partial charge on any atom is -0.368 e. The highest BCUT2D eigenvalue weighted by atomic mass is 16.2. The highest BCUT2D eigenvalue weighted by molar-refractivity contribution is 5.95. The molecule has 1 saturated heterocycles. The first-order valence-corrected chi connectivity index (χ1v) is 14.3. The smallest absolute Gasteiger partial charge is 0.243 e. The number of nitrogens with zero attached hydrogens (tertiary/aromatic N) is 1. The number of nitrogens with two attached hydrogens (primary N) is 2. The van der Waals surface area contributed by atoms with E-state index in [4.69, 9.17) is 11.5 Å². The molecular weight excluding hydrogens is 518 g/mol. The van der Waals surface area contributed by atoms with Gasteiger partial charge in [-0.3, -0.25) is 19.2 Å². The van der Waals surface area contributed by atoms with Crippen LogP contribution in [0.5, 0.6) is 0 Å². The molecule has 1 aliphatic rings. The molecule has 6 N–H and O–H groups in total. The number of fused-ring (bicyclic) bond motifs is 1. The van der Waals surface area contributed by atoms with Crippen LogP contribution in [-0.4, -0.2) is 59.7 Å². The first-order valence-electron chi connectivity index (χ1n) is 14.3. The van der Waals surface area contributed by atoms with E-state index in [0.29, 0.717) is 45.2 Å².